The fraction of sp³-hybridized carbons (Fsp3) is 0.412. The molecule has 0 bridgehead atoms. The highest BCUT2D eigenvalue weighted by molar-refractivity contribution is 7.13. The van der Waals surface area contributed by atoms with Gasteiger partial charge in [0.05, 0.1) is 11.9 Å². The smallest absolute Gasteiger partial charge is 0.203 e. The first-order valence-corrected chi connectivity index (χ1v) is 8.70. The average molecular weight is 314 g/mol. The van der Waals surface area contributed by atoms with Crippen molar-refractivity contribution in [2.45, 2.75) is 32.7 Å². The van der Waals surface area contributed by atoms with Crippen LogP contribution in [0.2, 0.25) is 0 Å². The van der Waals surface area contributed by atoms with Crippen molar-refractivity contribution >= 4 is 22.7 Å². The Labute approximate surface area is 135 Å². The van der Waals surface area contributed by atoms with E-state index in [0.29, 0.717) is 0 Å². The number of piperidine rings is 1. The summed E-state index contributed by atoms with van der Waals surface area (Å²) in [5.74, 6) is 0. The van der Waals surface area contributed by atoms with Gasteiger partial charge in [-0.3, -0.25) is 10.3 Å². The Bertz CT molecular complexity index is 612. The van der Waals surface area contributed by atoms with Crippen LogP contribution >= 0.6 is 11.3 Å². The maximum atomic E-state index is 4.31. The van der Waals surface area contributed by atoms with Crippen molar-refractivity contribution in [1.29, 1.82) is 0 Å². The van der Waals surface area contributed by atoms with Gasteiger partial charge in [-0.05, 0) is 44.0 Å². The minimum atomic E-state index is 0.829. The van der Waals surface area contributed by atoms with Crippen LogP contribution in [-0.2, 0) is 6.54 Å². The molecule has 3 rings (SSSR count). The molecule has 0 aliphatic carbocycles. The van der Waals surface area contributed by atoms with Crippen LogP contribution in [0.15, 0.2) is 34.7 Å². The van der Waals surface area contributed by atoms with Crippen molar-refractivity contribution in [1.82, 2.24) is 9.88 Å². The van der Waals surface area contributed by atoms with Gasteiger partial charge in [-0.25, -0.2) is 4.98 Å². The number of benzene rings is 1. The molecule has 2 aromatic rings. The van der Waals surface area contributed by atoms with E-state index in [0.717, 1.165) is 22.9 Å². The zero-order chi connectivity index (χ0) is 15.2. The van der Waals surface area contributed by atoms with Crippen LogP contribution in [0, 0.1) is 6.92 Å². The highest BCUT2D eigenvalue weighted by atomic mass is 32.1. The molecular formula is C17H22N4S. The molecule has 0 unspecified atom stereocenters. The standard InChI is InChI=1S/C17H22N4S/c1-14-13-22-17(19-14)20-18-11-15-5-7-16(8-6-15)12-21-9-3-2-4-10-21/h5-8,11,13H,2-4,9-10,12H2,1H3,(H,19,20). The van der Waals surface area contributed by atoms with E-state index in [1.54, 1.807) is 11.3 Å². The molecule has 0 amide bonds. The summed E-state index contributed by atoms with van der Waals surface area (Å²) in [7, 11) is 0. The van der Waals surface area contributed by atoms with Crippen molar-refractivity contribution in [3.05, 3.63) is 46.5 Å². The van der Waals surface area contributed by atoms with Crippen molar-refractivity contribution in [3.8, 4) is 0 Å². The van der Waals surface area contributed by atoms with Crippen molar-refractivity contribution in [2.75, 3.05) is 18.5 Å². The molecule has 1 aliphatic heterocycles. The Morgan fingerprint density at radius 3 is 2.68 bits per heavy atom. The summed E-state index contributed by atoms with van der Waals surface area (Å²) < 4.78 is 0. The third kappa shape index (κ3) is 4.39. The first kappa shape index (κ1) is 15.2. The summed E-state index contributed by atoms with van der Waals surface area (Å²) in [5.41, 5.74) is 6.46. The molecule has 1 saturated heterocycles. The van der Waals surface area contributed by atoms with Crippen molar-refractivity contribution in [2.24, 2.45) is 5.10 Å². The predicted octanol–water partition coefficient (Wildman–Crippen LogP) is 3.88. The number of nitrogens with one attached hydrogen (secondary N) is 1. The zero-order valence-corrected chi connectivity index (χ0v) is 13.8. The molecule has 1 fully saturated rings. The second kappa shape index (κ2) is 7.51. The predicted molar refractivity (Wildman–Crippen MR) is 93.6 cm³/mol. The van der Waals surface area contributed by atoms with Crippen LogP contribution in [0.1, 0.15) is 36.1 Å². The summed E-state index contributed by atoms with van der Waals surface area (Å²) in [6, 6.07) is 8.64. The molecule has 2 heterocycles. The fourth-order valence-corrected chi connectivity index (χ4v) is 3.29. The number of nitrogens with zero attached hydrogens (tertiary/aromatic N) is 3. The van der Waals surface area contributed by atoms with E-state index in [1.807, 2.05) is 18.5 Å². The second-order valence-electron chi connectivity index (χ2n) is 5.74. The van der Waals surface area contributed by atoms with Gasteiger partial charge in [0.1, 0.15) is 0 Å². The minimum Gasteiger partial charge on any atom is -0.299 e. The number of hydrogen-bond donors (Lipinski definition) is 1. The van der Waals surface area contributed by atoms with Crippen molar-refractivity contribution in [3.63, 3.8) is 0 Å². The van der Waals surface area contributed by atoms with Gasteiger partial charge in [-0.15, -0.1) is 11.3 Å². The van der Waals surface area contributed by atoms with Gasteiger partial charge in [0.2, 0.25) is 5.13 Å². The van der Waals surface area contributed by atoms with Gasteiger partial charge in [-0.1, -0.05) is 30.7 Å². The van der Waals surface area contributed by atoms with E-state index in [4.69, 9.17) is 0 Å². The molecule has 116 valence electrons. The van der Waals surface area contributed by atoms with Crippen LogP contribution in [0.25, 0.3) is 0 Å². The molecule has 0 spiro atoms. The van der Waals surface area contributed by atoms with Gasteiger partial charge >= 0.3 is 0 Å². The van der Waals surface area contributed by atoms with Gasteiger partial charge < -0.3 is 0 Å². The summed E-state index contributed by atoms with van der Waals surface area (Å²) in [6.07, 6.45) is 5.90. The molecule has 1 aliphatic rings. The van der Waals surface area contributed by atoms with Gasteiger partial charge in [-0.2, -0.15) is 5.10 Å². The Balaban J connectivity index is 1.52. The number of aromatic nitrogens is 1. The molecule has 5 heteroatoms. The normalized spacial score (nSPS) is 16.2. The summed E-state index contributed by atoms with van der Waals surface area (Å²) in [4.78, 5) is 6.85. The monoisotopic (exact) mass is 314 g/mol. The van der Waals surface area contributed by atoms with Crippen LogP contribution < -0.4 is 5.43 Å². The lowest BCUT2D eigenvalue weighted by molar-refractivity contribution is 0.221. The summed E-state index contributed by atoms with van der Waals surface area (Å²) in [5, 5.41) is 7.07. The van der Waals surface area contributed by atoms with E-state index in [-0.39, 0.29) is 0 Å². The maximum absolute atomic E-state index is 4.31. The molecule has 22 heavy (non-hydrogen) atoms. The summed E-state index contributed by atoms with van der Waals surface area (Å²) in [6.45, 7) is 5.52. The number of aryl methyl sites for hydroxylation is 1. The van der Waals surface area contributed by atoms with Crippen LogP contribution in [0.4, 0.5) is 5.13 Å². The Hall–Kier alpha value is -1.72. The Morgan fingerprint density at radius 1 is 1.23 bits per heavy atom. The Morgan fingerprint density at radius 2 is 2.00 bits per heavy atom. The lowest BCUT2D eigenvalue weighted by atomic mass is 10.1. The van der Waals surface area contributed by atoms with E-state index >= 15 is 0 Å². The number of anilines is 1. The van der Waals surface area contributed by atoms with Crippen LogP contribution in [0.3, 0.4) is 0 Å². The fourth-order valence-electron chi connectivity index (χ4n) is 2.65. The Kier molecular flexibility index (Phi) is 5.19. The van der Waals surface area contributed by atoms with E-state index in [9.17, 15) is 0 Å². The van der Waals surface area contributed by atoms with Gasteiger partial charge in [0.15, 0.2) is 0 Å². The van der Waals surface area contributed by atoms with Crippen molar-refractivity contribution < 1.29 is 0 Å². The molecular weight excluding hydrogens is 292 g/mol. The number of rotatable bonds is 5. The summed E-state index contributed by atoms with van der Waals surface area (Å²) >= 11 is 1.57. The molecule has 0 atom stereocenters. The molecule has 4 nitrogen and oxygen atoms in total. The molecule has 1 aromatic heterocycles. The highest BCUT2D eigenvalue weighted by Gasteiger charge is 2.09. The van der Waals surface area contributed by atoms with E-state index in [2.05, 4.69) is 44.7 Å². The second-order valence-corrected chi connectivity index (χ2v) is 6.60. The molecule has 1 N–H and O–H groups in total. The number of likely N-dealkylation sites (tertiary alicyclic amines) is 1. The third-order valence-electron chi connectivity index (χ3n) is 3.83. The average Bonchev–Trinajstić information content (AvgIpc) is 2.96. The zero-order valence-electron chi connectivity index (χ0n) is 13.0. The van der Waals surface area contributed by atoms with E-state index in [1.165, 1.54) is 37.9 Å². The number of hydrazone groups is 1. The first-order chi connectivity index (χ1) is 10.8. The third-order valence-corrected chi connectivity index (χ3v) is 4.69. The number of hydrogen-bond acceptors (Lipinski definition) is 5. The topological polar surface area (TPSA) is 40.5 Å². The lowest BCUT2D eigenvalue weighted by Gasteiger charge is -2.26. The van der Waals surface area contributed by atoms with Gasteiger partial charge in [0.25, 0.3) is 0 Å². The quantitative estimate of drug-likeness (QED) is 0.672. The largest absolute Gasteiger partial charge is 0.299 e. The molecule has 0 radical (unpaired) electrons. The van der Waals surface area contributed by atoms with Gasteiger partial charge in [0, 0.05) is 11.9 Å². The van der Waals surface area contributed by atoms with E-state index < -0.39 is 0 Å². The maximum Gasteiger partial charge on any atom is 0.203 e. The van der Waals surface area contributed by atoms with Crippen LogP contribution in [-0.4, -0.2) is 29.2 Å². The minimum absolute atomic E-state index is 0.829. The molecule has 0 saturated carbocycles. The highest BCUT2D eigenvalue weighted by Crippen LogP contribution is 2.15. The lowest BCUT2D eigenvalue weighted by Crippen LogP contribution is -2.29. The SMILES string of the molecule is Cc1csc(NN=Cc2ccc(CN3CCCCC3)cc2)n1. The molecule has 1 aromatic carbocycles. The first-order valence-electron chi connectivity index (χ1n) is 7.82. The van der Waals surface area contributed by atoms with Crippen LogP contribution in [0.5, 0.6) is 0 Å². The number of thiazole rings is 1.